The normalized spacial score (nSPS) is 12.4. The van der Waals surface area contributed by atoms with Gasteiger partial charge in [-0.05, 0) is 55.2 Å². The summed E-state index contributed by atoms with van der Waals surface area (Å²) in [6.45, 7) is 9.77. The van der Waals surface area contributed by atoms with Crippen LogP contribution in [0, 0.1) is 13.8 Å². The van der Waals surface area contributed by atoms with E-state index in [0.29, 0.717) is 23.1 Å². The number of carbonyl (C=O) groups excluding carboxylic acids is 1. The topological polar surface area (TPSA) is 64.4 Å². The van der Waals surface area contributed by atoms with E-state index in [4.69, 9.17) is 9.15 Å². The molecule has 1 atom stereocenters. The minimum atomic E-state index is -0.621. The third-order valence-corrected chi connectivity index (χ3v) is 4.23. The molecule has 0 aliphatic heterocycles. The number of fused-ring (bicyclic) bond motifs is 1. The van der Waals surface area contributed by atoms with Crippen molar-refractivity contribution in [3.05, 3.63) is 53.4 Å². The van der Waals surface area contributed by atoms with Crippen LogP contribution in [0.4, 0.5) is 5.69 Å². The third-order valence-electron chi connectivity index (χ3n) is 4.23. The van der Waals surface area contributed by atoms with Gasteiger partial charge in [0.15, 0.2) is 17.6 Å². The van der Waals surface area contributed by atoms with E-state index in [-0.39, 0.29) is 5.91 Å². The molecule has 5 nitrogen and oxygen atoms in total. The molecule has 5 heteroatoms. The molecular formula is C21H24N2O3. The van der Waals surface area contributed by atoms with Gasteiger partial charge in [-0.25, -0.2) is 4.98 Å². The maximum absolute atomic E-state index is 12.5. The molecule has 0 aliphatic carbocycles. The highest BCUT2D eigenvalue weighted by atomic mass is 16.5. The zero-order valence-electron chi connectivity index (χ0n) is 15.8. The van der Waals surface area contributed by atoms with Gasteiger partial charge < -0.3 is 14.5 Å². The molecule has 0 aliphatic rings. The van der Waals surface area contributed by atoms with Gasteiger partial charge in [-0.15, -0.1) is 0 Å². The molecular weight excluding hydrogens is 328 g/mol. The molecule has 1 unspecified atom stereocenters. The number of aromatic nitrogens is 1. The van der Waals surface area contributed by atoms with Gasteiger partial charge in [0.2, 0.25) is 0 Å². The van der Waals surface area contributed by atoms with Crippen LogP contribution in [-0.4, -0.2) is 17.0 Å². The Kier molecular flexibility index (Phi) is 4.98. The monoisotopic (exact) mass is 352 g/mol. The zero-order valence-corrected chi connectivity index (χ0v) is 15.8. The number of amides is 1. The molecule has 3 aromatic rings. The van der Waals surface area contributed by atoms with E-state index < -0.39 is 6.10 Å². The first-order chi connectivity index (χ1) is 12.3. The lowest BCUT2D eigenvalue weighted by atomic mass is 10.0. The molecule has 3 rings (SSSR count). The van der Waals surface area contributed by atoms with Gasteiger partial charge in [-0.3, -0.25) is 4.79 Å². The summed E-state index contributed by atoms with van der Waals surface area (Å²) < 4.78 is 11.4. The van der Waals surface area contributed by atoms with E-state index in [1.807, 2.05) is 13.0 Å². The van der Waals surface area contributed by atoms with Crippen LogP contribution in [0.15, 0.2) is 40.8 Å². The number of oxazole rings is 1. The maximum Gasteiger partial charge on any atom is 0.265 e. The predicted octanol–water partition coefficient (Wildman–Crippen LogP) is 4.97. The Labute approximate surface area is 153 Å². The van der Waals surface area contributed by atoms with Crippen molar-refractivity contribution in [3.63, 3.8) is 0 Å². The zero-order chi connectivity index (χ0) is 18.8. The fourth-order valence-corrected chi connectivity index (χ4v) is 2.83. The van der Waals surface area contributed by atoms with Crippen molar-refractivity contribution >= 4 is 22.7 Å². The van der Waals surface area contributed by atoms with Gasteiger partial charge >= 0.3 is 0 Å². The summed E-state index contributed by atoms with van der Waals surface area (Å²) in [6.07, 6.45) is -0.621. The summed E-state index contributed by atoms with van der Waals surface area (Å²) in [5, 5.41) is 2.88. The molecule has 2 aromatic carbocycles. The van der Waals surface area contributed by atoms with Crippen LogP contribution < -0.4 is 10.1 Å². The summed E-state index contributed by atoms with van der Waals surface area (Å²) in [5.74, 6) is 1.46. The Hall–Kier alpha value is -2.82. The smallest absolute Gasteiger partial charge is 0.265 e. The van der Waals surface area contributed by atoms with E-state index >= 15 is 0 Å². The number of nitrogens with zero attached hydrogens (tertiary/aromatic N) is 1. The number of nitrogens with one attached hydrogen (secondary N) is 1. The average Bonchev–Trinajstić information content (AvgIpc) is 2.93. The summed E-state index contributed by atoms with van der Waals surface area (Å²) in [7, 11) is 0. The van der Waals surface area contributed by atoms with E-state index in [2.05, 4.69) is 36.3 Å². The van der Waals surface area contributed by atoms with Crippen LogP contribution in [0.5, 0.6) is 5.75 Å². The first kappa shape index (κ1) is 18.0. The van der Waals surface area contributed by atoms with E-state index in [9.17, 15) is 4.79 Å². The van der Waals surface area contributed by atoms with Crippen LogP contribution >= 0.6 is 0 Å². The average molecular weight is 352 g/mol. The number of anilines is 1. The van der Waals surface area contributed by atoms with Gasteiger partial charge in [-0.2, -0.15) is 0 Å². The molecule has 1 amide bonds. The maximum atomic E-state index is 12.5. The molecule has 0 fully saturated rings. The van der Waals surface area contributed by atoms with E-state index in [1.54, 1.807) is 32.0 Å². The van der Waals surface area contributed by atoms with E-state index in [1.165, 1.54) is 0 Å². The molecule has 0 spiro atoms. The number of hydrogen-bond acceptors (Lipinski definition) is 4. The van der Waals surface area contributed by atoms with Crippen molar-refractivity contribution < 1.29 is 13.9 Å². The Morgan fingerprint density at radius 3 is 2.62 bits per heavy atom. The second kappa shape index (κ2) is 7.20. The second-order valence-electron chi connectivity index (χ2n) is 6.86. The largest absolute Gasteiger partial charge is 0.481 e. The highest BCUT2D eigenvalue weighted by Crippen LogP contribution is 2.28. The van der Waals surface area contributed by atoms with Crippen molar-refractivity contribution in [2.75, 3.05) is 5.32 Å². The lowest BCUT2D eigenvalue weighted by Gasteiger charge is -2.19. The van der Waals surface area contributed by atoms with Gasteiger partial charge in [0.1, 0.15) is 11.3 Å². The van der Waals surface area contributed by atoms with Gasteiger partial charge in [0.05, 0.1) is 0 Å². The van der Waals surface area contributed by atoms with Crippen LogP contribution in [-0.2, 0) is 4.79 Å². The highest BCUT2D eigenvalue weighted by molar-refractivity contribution is 5.95. The predicted molar refractivity (Wildman–Crippen MR) is 103 cm³/mol. The first-order valence-corrected chi connectivity index (χ1v) is 8.78. The second-order valence-corrected chi connectivity index (χ2v) is 6.86. The number of aryl methyl sites for hydroxylation is 2. The number of hydrogen-bond donors (Lipinski definition) is 1. The summed E-state index contributed by atoms with van der Waals surface area (Å²) in [4.78, 5) is 16.8. The van der Waals surface area contributed by atoms with Gasteiger partial charge in [0.25, 0.3) is 5.91 Å². The Morgan fingerprint density at radius 2 is 1.88 bits per heavy atom. The fourth-order valence-electron chi connectivity index (χ4n) is 2.83. The van der Waals surface area contributed by atoms with Crippen molar-refractivity contribution in [2.24, 2.45) is 0 Å². The Balaban J connectivity index is 1.74. The minimum absolute atomic E-state index is 0.208. The molecule has 1 heterocycles. The van der Waals surface area contributed by atoms with Crippen LogP contribution in [0.25, 0.3) is 11.1 Å². The van der Waals surface area contributed by atoms with Crippen LogP contribution in [0.1, 0.15) is 43.7 Å². The summed E-state index contributed by atoms with van der Waals surface area (Å²) in [5.41, 5.74) is 4.28. The van der Waals surface area contributed by atoms with Crippen molar-refractivity contribution in [1.82, 2.24) is 4.98 Å². The quantitative estimate of drug-likeness (QED) is 0.704. The first-order valence-electron chi connectivity index (χ1n) is 8.78. The van der Waals surface area contributed by atoms with Gasteiger partial charge in [-0.1, -0.05) is 26.0 Å². The van der Waals surface area contributed by atoms with E-state index in [0.717, 1.165) is 22.4 Å². The fraction of sp³-hybridized carbons (Fsp3) is 0.333. The number of ether oxygens (including phenoxy) is 1. The molecule has 0 radical (unpaired) electrons. The molecule has 1 aromatic heterocycles. The third kappa shape index (κ3) is 3.87. The molecule has 26 heavy (non-hydrogen) atoms. The number of benzene rings is 2. The Morgan fingerprint density at radius 1 is 1.12 bits per heavy atom. The van der Waals surface area contributed by atoms with Crippen LogP contribution in [0.2, 0.25) is 0 Å². The number of carbonyl (C=O) groups is 1. The summed E-state index contributed by atoms with van der Waals surface area (Å²) in [6, 6.07) is 11.5. The van der Waals surface area contributed by atoms with Crippen molar-refractivity contribution in [2.45, 2.75) is 46.6 Å². The minimum Gasteiger partial charge on any atom is -0.481 e. The number of rotatable bonds is 5. The highest BCUT2D eigenvalue weighted by Gasteiger charge is 2.18. The van der Waals surface area contributed by atoms with Crippen molar-refractivity contribution in [1.29, 1.82) is 0 Å². The SMILES string of the molecule is Cc1ccc(C(C)C)c(OC(C)C(=O)Nc2ccc3oc(C)nc3c2)c1. The van der Waals surface area contributed by atoms with Gasteiger partial charge in [0, 0.05) is 12.6 Å². The molecule has 0 saturated carbocycles. The molecule has 0 bridgehead atoms. The molecule has 136 valence electrons. The lowest BCUT2D eigenvalue weighted by Crippen LogP contribution is -2.30. The lowest BCUT2D eigenvalue weighted by molar-refractivity contribution is -0.122. The molecule has 1 N–H and O–H groups in total. The summed E-state index contributed by atoms with van der Waals surface area (Å²) >= 11 is 0. The standard InChI is InChI=1S/C21H24N2O3/c1-12(2)17-8-6-13(3)10-20(17)25-14(4)21(24)23-16-7-9-19-18(11-16)22-15(5)26-19/h6-12,14H,1-5H3,(H,23,24). The molecule has 0 saturated heterocycles. The Bertz CT molecular complexity index is 944. The van der Waals surface area contributed by atoms with Crippen molar-refractivity contribution in [3.8, 4) is 5.75 Å². The van der Waals surface area contributed by atoms with Crippen LogP contribution in [0.3, 0.4) is 0 Å².